The zero-order valence-electron chi connectivity index (χ0n) is 16.0. The van der Waals surface area contributed by atoms with Gasteiger partial charge in [-0.15, -0.1) is 0 Å². The minimum absolute atomic E-state index is 0.0293. The van der Waals surface area contributed by atoms with Crippen molar-refractivity contribution < 1.29 is 9.53 Å². The van der Waals surface area contributed by atoms with Gasteiger partial charge in [0.15, 0.2) is 0 Å². The Labute approximate surface area is 174 Å². The van der Waals surface area contributed by atoms with Crippen molar-refractivity contribution in [3.8, 4) is 22.8 Å². The lowest BCUT2D eigenvalue weighted by Gasteiger charge is -2.28. The normalized spacial score (nSPS) is 13.6. The van der Waals surface area contributed by atoms with Crippen molar-refractivity contribution in [2.24, 2.45) is 0 Å². The van der Waals surface area contributed by atoms with Crippen LogP contribution in [0, 0.1) is 0 Å². The number of carbonyl (C=O) groups excluding carboxylic acids is 1. The third-order valence-corrected chi connectivity index (χ3v) is 5.00. The van der Waals surface area contributed by atoms with E-state index in [0.717, 1.165) is 36.3 Å². The van der Waals surface area contributed by atoms with Crippen LogP contribution in [0.1, 0.15) is 22.8 Å². The topological polar surface area (TPSA) is 76.1 Å². The number of aromatic nitrogens is 2. The molecule has 2 aromatic heterocycles. The highest BCUT2D eigenvalue weighted by Gasteiger charge is 2.21. The van der Waals surface area contributed by atoms with E-state index in [0.29, 0.717) is 22.1 Å². The molecule has 6 nitrogen and oxygen atoms in total. The second kappa shape index (κ2) is 8.59. The average Bonchev–Trinajstić information content (AvgIpc) is 2.70. The molecule has 1 aliphatic heterocycles. The molecular formula is C22H21ClN4O2. The lowest BCUT2D eigenvalue weighted by Crippen LogP contribution is -2.57. The van der Waals surface area contributed by atoms with Gasteiger partial charge in [0.05, 0.1) is 23.0 Å². The molecule has 29 heavy (non-hydrogen) atoms. The first kappa shape index (κ1) is 19.4. The Kier molecular flexibility index (Phi) is 5.74. The zero-order valence-corrected chi connectivity index (χ0v) is 16.7. The van der Waals surface area contributed by atoms with Crippen LogP contribution in [-0.2, 0) is 6.42 Å². The minimum atomic E-state index is -0.0293. The maximum absolute atomic E-state index is 12.6. The van der Waals surface area contributed by atoms with Gasteiger partial charge in [-0.05, 0) is 30.2 Å². The lowest BCUT2D eigenvalue weighted by molar-refractivity contribution is 0.0923. The molecule has 0 bridgehead atoms. The summed E-state index contributed by atoms with van der Waals surface area (Å²) < 4.78 is 5.85. The van der Waals surface area contributed by atoms with Crippen molar-refractivity contribution in [1.29, 1.82) is 0 Å². The van der Waals surface area contributed by atoms with Crippen LogP contribution >= 0.6 is 11.6 Å². The molecule has 3 aromatic rings. The van der Waals surface area contributed by atoms with Gasteiger partial charge in [-0.25, -0.2) is 0 Å². The Bertz CT molecular complexity index is 1040. The van der Waals surface area contributed by atoms with Gasteiger partial charge in [0.1, 0.15) is 11.5 Å². The Morgan fingerprint density at radius 2 is 2.07 bits per heavy atom. The number of nitrogens with zero attached hydrogens (tertiary/aromatic N) is 2. The largest absolute Gasteiger partial charge is 0.456 e. The van der Waals surface area contributed by atoms with Gasteiger partial charge in [-0.1, -0.05) is 24.6 Å². The molecule has 1 aliphatic rings. The minimum Gasteiger partial charge on any atom is -0.456 e. The first-order chi connectivity index (χ1) is 14.1. The lowest BCUT2D eigenvalue weighted by atomic mass is 9.99. The van der Waals surface area contributed by atoms with Crippen LogP contribution < -0.4 is 15.4 Å². The smallest absolute Gasteiger partial charge is 0.251 e. The molecule has 3 heterocycles. The molecule has 7 heteroatoms. The van der Waals surface area contributed by atoms with E-state index in [2.05, 4.69) is 20.6 Å². The van der Waals surface area contributed by atoms with Crippen molar-refractivity contribution in [3.05, 3.63) is 71.1 Å². The van der Waals surface area contributed by atoms with E-state index in [1.807, 2.05) is 31.2 Å². The molecule has 0 unspecified atom stereocenters. The number of hydrogen-bond acceptors (Lipinski definition) is 5. The highest BCUT2D eigenvalue weighted by atomic mass is 35.5. The molecule has 0 atom stereocenters. The number of aryl methyl sites for hydroxylation is 1. The maximum Gasteiger partial charge on any atom is 0.251 e. The van der Waals surface area contributed by atoms with Crippen molar-refractivity contribution in [3.63, 3.8) is 0 Å². The number of halogens is 1. The summed E-state index contributed by atoms with van der Waals surface area (Å²) in [5.41, 5.74) is 3.39. The molecule has 4 rings (SSSR count). The highest BCUT2D eigenvalue weighted by Crippen LogP contribution is 2.28. The van der Waals surface area contributed by atoms with Crippen molar-refractivity contribution in [1.82, 2.24) is 20.6 Å². The van der Waals surface area contributed by atoms with E-state index in [1.165, 1.54) is 0 Å². The fourth-order valence-electron chi connectivity index (χ4n) is 3.14. The monoisotopic (exact) mass is 408 g/mol. The number of rotatable bonds is 6. The molecule has 0 aliphatic carbocycles. The molecule has 1 aromatic carbocycles. The fourth-order valence-corrected chi connectivity index (χ4v) is 3.30. The van der Waals surface area contributed by atoms with Crippen LogP contribution in [0.5, 0.6) is 11.5 Å². The first-order valence-electron chi connectivity index (χ1n) is 9.51. The summed E-state index contributed by atoms with van der Waals surface area (Å²) >= 11 is 5.97. The molecule has 0 saturated carbocycles. The molecule has 1 fully saturated rings. The number of nitrogens with one attached hydrogen (secondary N) is 2. The third kappa shape index (κ3) is 4.55. The number of pyridine rings is 2. The molecule has 2 N–H and O–H groups in total. The molecule has 1 saturated heterocycles. The summed E-state index contributed by atoms with van der Waals surface area (Å²) in [5, 5.41) is 6.72. The van der Waals surface area contributed by atoms with Crippen molar-refractivity contribution in [2.45, 2.75) is 19.4 Å². The summed E-state index contributed by atoms with van der Waals surface area (Å²) in [6, 6.07) is 11.3. The van der Waals surface area contributed by atoms with E-state index >= 15 is 0 Å². The van der Waals surface area contributed by atoms with Gasteiger partial charge in [-0.2, -0.15) is 0 Å². The van der Waals surface area contributed by atoms with Crippen molar-refractivity contribution in [2.75, 3.05) is 13.1 Å². The number of amides is 1. The van der Waals surface area contributed by atoms with Crippen LogP contribution in [0.25, 0.3) is 11.3 Å². The molecule has 1 amide bonds. The van der Waals surface area contributed by atoms with E-state index in [9.17, 15) is 4.79 Å². The SMILES string of the molecule is CCc1cc(-c2cc(Oc3cncc(Cl)c3)ccn2)ccc1C(=O)NC1CNC1. The van der Waals surface area contributed by atoms with Gasteiger partial charge in [0.25, 0.3) is 5.91 Å². The standard InChI is InChI=1S/C22H21ClN4O2/c1-2-14-7-15(3-4-20(14)22(28)27-17-11-25-12-17)21-9-18(5-6-26-21)29-19-8-16(23)10-24-13-19/h3-10,13,17,25H,2,11-12H2,1H3,(H,27,28). The average molecular weight is 409 g/mol. The summed E-state index contributed by atoms with van der Waals surface area (Å²) in [7, 11) is 0. The fraction of sp³-hybridized carbons (Fsp3) is 0.227. The molecule has 0 radical (unpaired) electrons. The quantitative estimate of drug-likeness (QED) is 0.647. The van der Waals surface area contributed by atoms with Crippen LogP contribution in [0.3, 0.4) is 0 Å². The number of benzene rings is 1. The van der Waals surface area contributed by atoms with Crippen molar-refractivity contribution >= 4 is 17.5 Å². The van der Waals surface area contributed by atoms with E-state index in [4.69, 9.17) is 16.3 Å². The number of ether oxygens (including phenoxy) is 1. The van der Waals surface area contributed by atoms with E-state index in [-0.39, 0.29) is 11.9 Å². The number of hydrogen-bond donors (Lipinski definition) is 2. The first-order valence-corrected chi connectivity index (χ1v) is 9.89. The van der Waals surface area contributed by atoms with E-state index < -0.39 is 0 Å². The molecular weight excluding hydrogens is 388 g/mol. The van der Waals surface area contributed by atoms with Crippen LogP contribution in [-0.4, -0.2) is 35.0 Å². The van der Waals surface area contributed by atoms with Crippen LogP contribution in [0.2, 0.25) is 5.02 Å². The van der Waals surface area contributed by atoms with Gasteiger partial charge >= 0.3 is 0 Å². The highest BCUT2D eigenvalue weighted by molar-refractivity contribution is 6.30. The van der Waals surface area contributed by atoms with Crippen LogP contribution in [0.15, 0.2) is 55.0 Å². The molecule has 0 spiro atoms. The predicted octanol–water partition coefficient (Wildman–Crippen LogP) is 3.85. The number of carbonyl (C=O) groups is 1. The zero-order chi connectivity index (χ0) is 20.2. The summed E-state index contributed by atoms with van der Waals surface area (Å²) in [6.45, 7) is 3.69. The summed E-state index contributed by atoms with van der Waals surface area (Å²) in [4.78, 5) is 21.1. The van der Waals surface area contributed by atoms with Gasteiger partial charge in [0.2, 0.25) is 0 Å². The maximum atomic E-state index is 12.6. The van der Waals surface area contributed by atoms with Gasteiger partial charge in [0, 0.05) is 48.7 Å². The summed E-state index contributed by atoms with van der Waals surface area (Å²) in [6.07, 6.45) is 5.60. The van der Waals surface area contributed by atoms with E-state index in [1.54, 1.807) is 30.7 Å². The second-order valence-electron chi connectivity index (χ2n) is 6.87. The Morgan fingerprint density at radius 1 is 1.21 bits per heavy atom. The Balaban J connectivity index is 1.57. The summed E-state index contributed by atoms with van der Waals surface area (Å²) in [5.74, 6) is 1.16. The Morgan fingerprint density at radius 3 is 2.79 bits per heavy atom. The Hall–Kier alpha value is -2.96. The van der Waals surface area contributed by atoms with Gasteiger partial charge in [-0.3, -0.25) is 14.8 Å². The second-order valence-corrected chi connectivity index (χ2v) is 7.31. The van der Waals surface area contributed by atoms with Gasteiger partial charge < -0.3 is 15.4 Å². The third-order valence-electron chi connectivity index (χ3n) is 4.79. The molecule has 148 valence electrons. The predicted molar refractivity (Wildman–Crippen MR) is 112 cm³/mol. The van der Waals surface area contributed by atoms with Crippen LogP contribution in [0.4, 0.5) is 0 Å².